The van der Waals surface area contributed by atoms with Crippen LogP contribution in [0.15, 0.2) is 48.5 Å². The molecule has 0 aliphatic carbocycles. The average Bonchev–Trinajstić information content (AvgIpc) is 2.69. The molecule has 6 heteroatoms. The average molecular weight is 403 g/mol. The molecule has 2 aromatic carbocycles. The van der Waals surface area contributed by atoms with Crippen molar-refractivity contribution in [1.29, 1.82) is 0 Å². The van der Waals surface area contributed by atoms with Crippen molar-refractivity contribution in [3.05, 3.63) is 59.1 Å². The normalized spacial score (nSPS) is 14.8. The zero-order valence-electron chi connectivity index (χ0n) is 16.4. The van der Waals surface area contributed by atoms with Crippen molar-refractivity contribution in [2.24, 2.45) is 5.41 Å². The van der Waals surface area contributed by atoms with E-state index in [2.05, 4.69) is 11.4 Å². The molecule has 0 saturated carbocycles. The number of carbonyl (C=O) groups is 1. The monoisotopic (exact) mass is 402 g/mol. The molecule has 0 unspecified atom stereocenters. The fraction of sp³-hybridized carbons (Fsp3) is 0.409. The molecule has 28 heavy (non-hydrogen) atoms. The third-order valence-corrected chi connectivity index (χ3v) is 5.38. The minimum atomic E-state index is -0.377. The molecule has 5 nitrogen and oxygen atoms in total. The van der Waals surface area contributed by atoms with Crippen LogP contribution in [-0.4, -0.2) is 51.2 Å². The van der Waals surface area contributed by atoms with Crippen LogP contribution < -0.4 is 14.8 Å². The molecule has 0 aromatic heterocycles. The highest BCUT2D eigenvalue weighted by Crippen LogP contribution is 2.31. The summed E-state index contributed by atoms with van der Waals surface area (Å²) in [6.45, 7) is 2.62. The SMILES string of the molecule is COc1cccc(CC2(C(=O)N(C)CCCOc3ccc(Cl)cc3)CNC2)c1. The number of carbonyl (C=O) groups excluding carboxylic acids is 1. The minimum Gasteiger partial charge on any atom is -0.497 e. The Morgan fingerprint density at radius 3 is 2.57 bits per heavy atom. The van der Waals surface area contributed by atoms with Crippen LogP contribution in [0.25, 0.3) is 0 Å². The lowest BCUT2D eigenvalue weighted by molar-refractivity contribution is -0.144. The van der Waals surface area contributed by atoms with E-state index >= 15 is 0 Å². The summed E-state index contributed by atoms with van der Waals surface area (Å²) in [5.74, 6) is 1.79. The predicted octanol–water partition coefficient (Wildman–Crippen LogP) is 3.41. The van der Waals surface area contributed by atoms with Gasteiger partial charge in [0, 0.05) is 31.7 Å². The molecule has 1 amide bonds. The van der Waals surface area contributed by atoms with Gasteiger partial charge in [0.2, 0.25) is 5.91 Å². The first-order chi connectivity index (χ1) is 13.5. The van der Waals surface area contributed by atoms with E-state index in [4.69, 9.17) is 21.1 Å². The van der Waals surface area contributed by atoms with Crippen molar-refractivity contribution in [3.8, 4) is 11.5 Å². The quantitative estimate of drug-likeness (QED) is 0.653. The number of benzene rings is 2. The lowest BCUT2D eigenvalue weighted by Gasteiger charge is -2.43. The van der Waals surface area contributed by atoms with Gasteiger partial charge in [-0.3, -0.25) is 4.79 Å². The molecule has 150 valence electrons. The van der Waals surface area contributed by atoms with Crippen molar-refractivity contribution in [3.63, 3.8) is 0 Å². The van der Waals surface area contributed by atoms with Crippen LogP contribution in [-0.2, 0) is 11.2 Å². The molecule has 1 aliphatic heterocycles. The molecular weight excluding hydrogens is 376 g/mol. The van der Waals surface area contributed by atoms with Gasteiger partial charge in [-0.05, 0) is 54.8 Å². The summed E-state index contributed by atoms with van der Waals surface area (Å²) in [5, 5.41) is 3.95. The number of nitrogens with one attached hydrogen (secondary N) is 1. The number of hydrogen-bond acceptors (Lipinski definition) is 4. The lowest BCUT2D eigenvalue weighted by atomic mass is 9.75. The van der Waals surface area contributed by atoms with Crippen molar-refractivity contribution in [2.75, 3.05) is 40.4 Å². The summed E-state index contributed by atoms with van der Waals surface area (Å²) >= 11 is 5.87. The van der Waals surface area contributed by atoms with Crippen LogP contribution in [0.2, 0.25) is 5.02 Å². The number of methoxy groups -OCH3 is 1. The molecule has 1 N–H and O–H groups in total. The van der Waals surface area contributed by atoms with Crippen LogP contribution in [0.3, 0.4) is 0 Å². The van der Waals surface area contributed by atoms with Crippen molar-refractivity contribution >= 4 is 17.5 Å². The van der Waals surface area contributed by atoms with E-state index in [1.165, 1.54) is 0 Å². The number of hydrogen-bond donors (Lipinski definition) is 1. The Bertz CT molecular complexity index is 791. The second kappa shape index (κ2) is 9.30. The highest BCUT2D eigenvalue weighted by Gasteiger charge is 2.45. The van der Waals surface area contributed by atoms with Gasteiger partial charge in [-0.15, -0.1) is 0 Å². The van der Waals surface area contributed by atoms with Crippen LogP contribution in [0, 0.1) is 5.41 Å². The van der Waals surface area contributed by atoms with Gasteiger partial charge in [-0.1, -0.05) is 23.7 Å². The van der Waals surface area contributed by atoms with E-state index in [0.29, 0.717) is 37.7 Å². The van der Waals surface area contributed by atoms with Crippen molar-refractivity contribution in [2.45, 2.75) is 12.8 Å². The maximum absolute atomic E-state index is 13.1. The van der Waals surface area contributed by atoms with Gasteiger partial charge in [0.1, 0.15) is 11.5 Å². The van der Waals surface area contributed by atoms with Gasteiger partial charge < -0.3 is 19.7 Å². The maximum Gasteiger partial charge on any atom is 0.231 e. The van der Waals surface area contributed by atoms with E-state index in [0.717, 1.165) is 23.5 Å². The third kappa shape index (κ3) is 4.97. The minimum absolute atomic E-state index is 0.181. The van der Waals surface area contributed by atoms with Gasteiger partial charge >= 0.3 is 0 Å². The van der Waals surface area contributed by atoms with Gasteiger partial charge in [0.05, 0.1) is 19.1 Å². The molecule has 3 rings (SSSR count). The van der Waals surface area contributed by atoms with Gasteiger partial charge in [0.25, 0.3) is 0 Å². The second-order valence-corrected chi connectivity index (χ2v) is 7.73. The van der Waals surface area contributed by atoms with E-state index in [9.17, 15) is 4.79 Å². The molecule has 1 heterocycles. The van der Waals surface area contributed by atoms with Gasteiger partial charge in [-0.25, -0.2) is 0 Å². The number of nitrogens with zero attached hydrogens (tertiary/aromatic N) is 1. The molecule has 2 aromatic rings. The fourth-order valence-electron chi connectivity index (χ4n) is 3.48. The molecule has 0 bridgehead atoms. The summed E-state index contributed by atoms with van der Waals surface area (Å²) in [5.41, 5.74) is 0.742. The zero-order chi connectivity index (χ0) is 20.0. The van der Waals surface area contributed by atoms with E-state index < -0.39 is 0 Å². The summed E-state index contributed by atoms with van der Waals surface area (Å²) in [6, 6.07) is 15.3. The smallest absolute Gasteiger partial charge is 0.231 e. The van der Waals surface area contributed by atoms with E-state index in [1.54, 1.807) is 19.2 Å². The number of rotatable bonds is 9. The Labute approximate surface area is 171 Å². The Hall–Kier alpha value is -2.24. The second-order valence-electron chi connectivity index (χ2n) is 7.29. The van der Waals surface area contributed by atoms with Crippen LogP contribution in [0.1, 0.15) is 12.0 Å². The van der Waals surface area contributed by atoms with Crippen LogP contribution in [0.4, 0.5) is 0 Å². The predicted molar refractivity (Wildman–Crippen MR) is 111 cm³/mol. The molecule has 1 aliphatic rings. The first kappa shape index (κ1) is 20.5. The van der Waals surface area contributed by atoms with Gasteiger partial charge in [-0.2, -0.15) is 0 Å². The topological polar surface area (TPSA) is 50.8 Å². The summed E-state index contributed by atoms with van der Waals surface area (Å²) in [6.07, 6.45) is 1.48. The number of halogens is 1. The van der Waals surface area contributed by atoms with Crippen LogP contribution >= 0.6 is 11.6 Å². The summed E-state index contributed by atoms with van der Waals surface area (Å²) < 4.78 is 11.0. The number of ether oxygens (including phenoxy) is 2. The highest BCUT2D eigenvalue weighted by molar-refractivity contribution is 6.30. The standard InChI is InChI=1S/C22H27ClN2O3/c1-25(11-4-12-28-19-9-7-18(23)8-10-19)21(26)22(15-24-16-22)14-17-5-3-6-20(13-17)27-2/h3,5-10,13,24H,4,11-12,14-16H2,1-2H3. The fourth-order valence-corrected chi connectivity index (χ4v) is 3.61. The van der Waals surface area contributed by atoms with Crippen molar-refractivity contribution in [1.82, 2.24) is 10.2 Å². The molecule has 0 atom stereocenters. The summed E-state index contributed by atoms with van der Waals surface area (Å²) in [7, 11) is 3.53. The Morgan fingerprint density at radius 2 is 1.93 bits per heavy atom. The Kier molecular flexibility index (Phi) is 6.81. The largest absolute Gasteiger partial charge is 0.497 e. The molecule has 1 saturated heterocycles. The zero-order valence-corrected chi connectivity index (χ0v) is 17.2. The Balaban J connectivity index is 1.51. The molecule has 0 spiro atoms. The highest BCUT2D eigenvalue weighted by atomic mass is 35.5. The number of amides is 1. The molecular formula is C22H27ClN2O3. The molecule has 0 radical (unpaired) electrons. The lowest BCUT2D eigenvalue weighted by Crippen LogP contribution is -2.62. The van der Waals surface area contributed by atoms with Crippen LogP contribution in [0.5, 0.6) is 11.5 Å². The van der Waals surface area contributed by atoms with E-state index in [1.807, 2.05) is 42.3 Å². The van der Waals surface area contributed by atoms with Gasteiger partial charge in [0.15, 0.2) is 0 Å². The first-order valence-electron chi connectivity index (χ1n) is 9.50. The third-order valence-electron chi connectivity index (χ3n) is 5.12. The molecule has 1 fully saturated rings. The maximum atomic E-state index is 13.1. The summed E-state index contributed by atoms with van der Waals surface area (Å²) in [4.78, 5) is 14.9. The van der Waals surface area contributed by atoms with Crippen molar-refractivity contribution < 1.29 is 14.3 Å². The van der Waals surface area contributed by atoms with E-state index in [-0.39, 0.29) is 11.3 Å². The Morgan fingerprint density at radius 1 is 1.18 bits per heavy atom. The first-order valence-corrected chi connectivity index (χ1v) is 9.88.